The zero-order chi connectivity index (χ0) is 7.94. The molecule has 0 aliphatic carbocycles. The normalized spacial score (nSPS) is 9.82. The third-order valence-electron chi connectivity index (χ3n) is 1.22. The van der Waals surface area contributed by atoms with Crippen LogP contribution in [0.5, 0.6) is 0 Å². The summed E-state index contributed by atoms with van der Waals surface area (Å²) in [5.74, 6) is 0. The van der Waals surface area contributed by atoms with Gasteiger partial charge in [0, 0.05) is 25.1 Å². The van der Waals surface area contributed by atoms with Crippen molar-refractivity contribution in [2.45, 2.75) is 6.54 Å². The number of aliphatic imine (C=N–C) groups is 1. The standard InChI is InChI=1S/C8H8N2O/c11-8-9-4-3-7-10-5-1-2-6-10/h1-6H,7H2. The van der Waals surface area contributed by atoms with Crippen LogP contribution in [0, 0.1) is 0 Å². The van der Waals surface area contributed by atoms with E-state index >= 15 is 0 Å². The van der Waals surface area contributed by atoms with E-state index in [1.54, 1.807) is 6.08 Å². The van der Waals surface area contributed by atoms with Crippen LogP contribution in [-0.4, -0.2) is 10.6 Å². The number of hydrogen-bond donors (Lipinski definition) is 0. The van der Waals surface area contributed by atoms with Crippen LogP contribution in [0.2, 0.25) is 0 Å². The topological polar surface area (TPSA) is 34.4 Å². The van der Waals surface area contributed by atoms with Gasteiger partial charge in [0.25, 0.3) is 0 Å². The van der Waals surface area contributed by atoms with E-state index in [1.807, 2.05) is 29.1 Å². The third-order valence-corrected chi connectivity index (χ3v) is 1.22. The zero-order valence-corrected chi connectivity index (χ0v) is 5.97. The minimum Gasteiger partial charge on any atom is -0.350 e. The summed E-state index contributed by atoms with van der Waals surface area (Å²) in [6.45, 7) is 0.734. The van der Waals surface area contributed by atoms with Crippen molar-refractivity contribution < 1.29 is 4.79 Å². The molecule has 0 saturated heterocycles. The molecular formula is C8H8N2O. The molecule has 0 bridgehead atoms. The van der Waals surface area contributed by atoms with E-state index in [0.717, 1.165) is 6.54 Å². The first-order valence-corrected chi connectivity index (χ1v) is 3.26. The van der Waals surface area contributed by atoms with Crippen molar-refractivity contribution in [3.05, 3.63) is 36.8 Å². The molecule has 0 unspecified atom stereocenters. The van der Waals surface area contributed by atoms with Gasteiger partial charge in [-0.05, 0) is 18.2 Å². The third kappa shape index (κ3) is 2.65. The molecule has 1 rings (SSSR count). The average molecular weight is 148 g/mol. The van der Waals surface area contributed by atoms with E-state index in [-0.39, 0.29) is 0 Å². The number of carbonyl (C=O) groups excluding carboxylic acids is 1. The molecule has 0 radical (unpaired) electrons. The fraction of sp³-hybridized carbons (Fsp3) is 0.125. The highest BCUT2D eigenvalue weighted by Gasteiger charge is 1.80. The summed E-state index contributed by atoms with van der Waals surface area (Å²) in [5.41, 5.74) is 0. The lowest BCUT2D eigenvalue weighted by Gasteiger charge is -1.92. The predicted molar refractivity (Wildman–Crippen MR) is 41.7 cm³/mol. The fourth-order valence-electron chi connectivity index (χ4n) is 0.744. The highest BCUT2D eigenvalue weighted by Crippen LogP contribution is 1.89. The second kappa shape index (κ2) is 4.25. The lowest BCUT2D eigenvalue weighted by molar-refractivity contribution is 0.565. The molecule has 3 nitrogen and oxygen atoms in total. The number of hydrogen-bond acceptors (Lipinski definition) is 2. The van der Waals surface area contributed by atoms with Crippen LogP contribution in [0.1, 0.15) is 0 Å². The molecule has 56 valence electrons. The Morgan fingerprint density at radius 1 is 1.45 bits per heavy atom. The van der Waals surface area contributed by atoms with Crippen molar-refractivity contribution >= 4 is 6.08 Å². The van der Waals surface area contributed by atoms with Gasteiger partial charge in [-0.1, -0.05) is 0 Å². The minimum absolute atomic E-state index is 0.734. The van der Waals surface area contributed by atoms with Gasteiger partial charge in [-0.15, -0.1) is 0 Å². The number of nitrogens with zero attached hydrogens (tertiary/aromatic N) is 2. The van der Waals surface area contributed by atoms with Crippen LogP contribution < -0.4 is 0 Å². The predicted octanol–water partition coefficient (Wildman–Crippen LogP) is 1.34. The quantitative estimate of drug-likeness (QED) is 0.470. The van der Waals surface area contributed by atoms with Crippen LogP contribution in [0.3, 0.4) is 0 Å². The number of aromatic nitrogens is 1. The van der Waals surface area contributed by atoms with E-state index in [1.165, 1.54) is 12.3 Å². The summed E-state index contributed by atoms with van der Waals surface area (Å²) in [6, 6.07) is 3.88. The lowest BCUT2D eigenvalue weighted by atomic mass is 10.6. The van der Waals surface area contributed by atoms with Crippen molar-refractivity contribution in [1.82, 2.24) is 4.57 Å². The maximum absolute atomic E-state index is 9.62. The molecule has 0 saturated carbocycles. The molecule has 1 aromatic rings. The fourth-order valence-corrected chi connectivity index (χ4v) is 0.744. The van der Waals surface area contributed by atoms with Crippen LogP contribution in [0.4, 0.5) is 0 Å². The molecule has 3 heteroatoms. The van der Waals surface area contributed by atoms with Gasteiger partial charge < -0.3 is 4.57 Å². The molecular weight excluding hydrogens is 140 g/mol. The zero-order valence-electron chi connectivity index (χ0n) is 5.97. The van der Waals surface area contributed by atoms with Crippen molar-refractivity contribution in [2.75, 3.05) is 0 Å². The van der Waals surface area contributed by atoms with Gasteiger partial charge in [-0.3, -0.25) is 0 Å². The maximum Gasteiger partial charge on any atom is 0.239 e. The molecule has 0 amide bonds. The van der Waals surface area contributed by atoms with Crippen molar-refractivity contribution in [3.8, 4) is 0 Å². The van der Waals surface area contributed by atoms with Crippen molar-refractivity contribution in [1.29, 1.82) is 0 Å². The first-order chi connectivity index (χ1) is 5.43. The number of isocyanates is 1. The van der Waals surface area contributed by atoms with Gasteiger partial charge in [0.05, 0.1) is 0 Å². The monoisotopic (exact) mass is 148 g/mol. The first kappa shape index (κ1) is 7.51. The van der Waals surface area contributed by atoms with E-state index in [0.29, 0.717) is 0 Å². The lowest BCUT2D eigenvalue weighted by Crippen LogP contribution is -1.88. The van der Waals surface area contributed by atoms with Crippen LogP contribution in [0.15, 0.2) is 41.8 Å². The van der Waals surface area contributed by atoms with Crippen LogP contribution in [-0.2, 0) is 11.3 Å². The molecule has 0 aliphatic rings. The Kier molecular flexibility index (Phi) is 2.90. The van der Waals surface area contributed by atoms with Crippen molar-refractivity contribution in [2.24, 2.45) is 4.99 Å². The van der Waals surface area contributed by atoms with E-state index in [2.05, 4.69) is 4.99 Å². The van der Waals surface area contributed by atoms with Gasteiger partial charge >= 0.3 is 0 Å². The first-order valence-electron chi connectivity index (χ1n) is 3.26. The maximum atomic E-state index is 9.62. The molecule has 0 atom stereocenters. The molecule has 0 N–H and O–H groups in total. The highest BCUT2D eigenvalue weighted by atomic mass is 16.1. The van der Waals surface area contributed by atoms with Gasteiger partial charge in [0.2, 0.25) is 6.08 Å². The Balaban J connectivity index is 2.39. The summed E-state index contributed by atoms with van der Waals surface area (Å²) in [6.07, 6.45) is 8.53. The average Bonchev–Trinajstić information content (AvgIpc) is 2.50. The summed E-state index contributed by atoms with van der Waals surface area (Å²) >= 11 is 0. The molecule has 1 heterocycles. The Hall–Kier alpha value is -1.60. The highest BCUT2D eigenvalue weighted by molar-refractivity contribution is 5.34. The second-order valence-electron chi connectivity index (χ2n) is 1.98. The van der Waals surface area contributed by atoms with Gasteiger partial charge in [0.1, 0.15) is 0 Å². The van der Waals surface area contributed by atoms with Crippen molar-refractivity contribution in [3.63, 3.8) is 0 Å². The summed E-state index contributed by atoms with van der Waals surface area (Å²) in [4.78, 5) is 12.9. The minimum atomic E-state index is 0.734. The Labute approximate surface area is 64.7 Å². The van der Waals surface area contributed by atoms with E-state index < -0.39 is 0 Å². The van der Waals surface area contributed by atoms with E-state index in [9.17, 15) is 4.79 Å². The molecule has 11 heavy (non-hydrogen) atoms. The Morgan fingerprint density at radius 3 is 2.82 bits per heavy atom. The molecule has 0 aliphatic heterocycles. The summed E-state index contributed by atoms with van der Waals surface area (Å²) in [7, 11) is 0. The van der Waals surface area contributed by atoms with Crippen LogP contribution in [0.25, 0.3) is 0 Å². The smallest absolute Gasteiger partial charge is 0.239 e. The number of rotatable bonds is 3. The SMILES string of the molecule is O=C=NC=CCn1cccc1. The summed E-state index contributed by atoms with van der Waals surface area (Å²) in [5, 5.41) is 0. The van der Waals surface area contributed by atoms with Gasteiger partial charge in [-0.2, -0.15) is 4.99 Å². The Morgan fingerprint density at radius 2 is 2.18 bits per heavy atom. The van der Waals surface area contributed by atoms with Gasteiger partial charge in [-0.25, -0.2) is 4.79 Å². The molecule has 0 fully saturated rings. The number of allylic oxidation sites excluding steroid dienone is 1. The summed E-state index contributed by atoms with van der Waals surface area (Å²) < 4.78 is 1.97. The van der Waals surface area contributed by atoms with Gasteiger partial charge in [0.15, 0.2) is 0 Å². The molecule has 1 aromatic heterocycles. The van der Waals surface area contributed by atoms with Crippen LogP contribution >= 0.6 is 0 Å². The van der Waals surface area contributed by atoms with E-state index in [4.69, 9.17) is 0 Å². The second-order valence-corrected chi connectivity index (χ2v) is 1.98. The largest absolute Gasteiger partial charge is 0.350 e. The molecule has 0 spiro atoms. The molecule has 0 aromatic carbocycles. The Bertz CT molecular complexity index is 268.